The summed E-state index contributed by atoms with van der Waals surface area (Å²) in [4.78, 5) is 17.5. The van der Waals surface area contributed by atoms with Crippen LogP contribution in [0.4, 0.5) is 5.69 Å². The molecule has 0 aliphatic carbocycles. The third kappa shape index (κ3) is 3.03. The number of primary amides is 1. The van der Waals surface area contributed by atoms with Crippen LogP contribution in [-0.4, -0.2) is 47.4 Å². The zero-order chi connectivity index (χ0) is 14.7. The van der Waals surface area contributed by atoms with E-state index in [1.54, 1.807) is 0 Å². The highest BCUT2D eigenvalue weighted by atomic mass is 16.5. The summed E-state index contributed by atoms with van der Waals surface area (Å²) in [6, 6.07) is 7.96. The smallest absolute Gasteiger partial charge is 0.225 e. The van der Waals surface area contributed by atoms with Gasteiger partial charge in [0, 0.05) is 24.3 Å². The van der Waals surface area contributed by atoms with Gasteiger partial charge in [0.25, 0.3) is 0 Å². The molecule has 0 saturated carbocycles. The molecule has 1 fully saturated rings. The first-order valence-corrected chi connectivity index (χ1v) is 6.86. The predicted molar refractivity (Wildman–Crippen MR) is 77.7 cm³/mol. The van der Waals surface area contributed by atoms with Gasteiger partial charge in [-0.2, -0.15) is 5.10 Å². The molecule has 21 heavy (non-hydrogen) atoms. The average molecular weight is 287 g/mol. The van der Waals surface area contributed by atoms with Crippen LogP contribution < -0.4 is 10.6 Å². The molecule has 7 heteroatoms. The molecular weight excluding hydrogens is 270 g/mol. The number of nitrogens with one attached hydrogen (secondary N) is 1. The SMILES string of the molecule is NC(=O)Cc1nc(-c2ccccc2N2CCOCC2)n[nH]1. The Morgan fingerprint density at radius 3 is 2.86 bits per heavy atom. The van der Waals surface area contributed by atoms with Gasteiger partial charge in [-0.3, -0.25) is 9.89 Å². The average Bonchev–Trinajstić information content (AvgIpc) is 2.96. The number of para-hydroxylation sites is 1. The Morgan fingerprint density at radius 2 is 2.10 bits per heavy atom. The van der Waals surface area contributed by atoms with Crippen molar-refractivity contribution in [2.24, 2.45) is 5.73 Å². The molecule has 110 valence electrons. The van der Waals surface area contributed by atoms with Crippen LogP contribution in [0, 0.1) is 0 Å². The van der Waals surface area contributed by atoms with E-state index in [1.165, 1.54) is 0 Å². The summed E-state index contributed by atoms with van der Waals surface area (Å²) >= 11 is 0. The lowest BCUT2D eigenvalue weighted by atomic mass is 10.1. The Bertz CT molecular complexity index is 634. The van der Waals surface area contributed by atoms with Crippen molar-refractivity contribution in [2.75, 3.05) is 31.2 Å². The molecule has 3 N–H and O–H groups in total. The Morgan fingerprint density at radius 1 is 1.33 bits per heavy atom. The molecule has 1 aromatic heterocycles. The molecule has 7 nitrogen and oxygen atoms in total. The van der Waals surface area contributed by atoms with Gasteiger partial charge in [-0.05, 0) is 12.1 Å². The number of hydrogen-bond donors (Lipinski definition) is 2. The summed E-state index contributed by atoms with van der Waals surface area (Å²) in [5.74, 6) is 0.627. The van der Waals surface area contributed by atoms with Gasteiger partial charge < -0.3 is 15.4 Å². The number of rotatable bonds is 4. The number of aromatic amines is 1. The summed E-state index contributed by atoms with van der Waals surface area (Å²) < 4.78 is 5.38. The summed E-state index contributed by atoms with van der Waals surface area (Å²) in [6.07, 6.45) is 0.0622. The Balaban J connectivity index is 1.90. The number of nitrogens with zero attached hydrogens (tertiary/aromatic N) is 3. The maximum Gasteiger partial charge on any atom is 0.225 e. The highest BCUT2D eigenvalue weighted by Crippen LogP contribution is 2.28. The highest BCUT2D eigenvalue weighted by Gasteiger charge is 2.17. The molecule has 1 aromatic carbocycles. The number of aromatic nitrogens is 3. The lowest BCUT2D eigenvalue weighted by Crippen LogP contribution is -2.36. The van der Waals surface area contributed by atoms with Crippen molar-refractivity contribution in [3.05, 3.63) is 30.1 Å². The lowest BCUT2D eigenvalue weighted by Gasteiger charge is -2.30. The van der Waals surface area contributed by atoms with Crippen LogP contribution in [0.3, 0.4) is 0 Å². The second kappa shape index (κ2) is 5.92. The van der Waals surface area contributed by atoms with Crippen molar-refractivity contribution in [1.29, 1.82) is 0 Å². The molecule has 0 spiro atoms. The summed E-state index contributed by atoms with van der Waals surface area (Å²) in [7, 11) is 0. The molecule has 2 heterocycles. The van der Waals surface area contributed by atoms with Crippen molar-refractivity contribution in [3.63, 3.8) is 0 Å². The molecule has 3 rings (SSSR count). The van der Waals surface area contributed by atoms with Crippen LogP contribution >= 0.6 is 0 Å². The van der Waals surface area contributed by atoms with Crippen molar-refractivity contribution >= 4 is 11.6 Å². The minimum atomic E-state index is -0.431. The monoisotopic (exact) mass is 287 g/mol. The van der Waals surface area contributed by atoms with Gasteiger partial charge in [0.1, 0.15) is 5.82 Å². The zero-order valence-corrected chi connectivity index (χ0v) is 11.6. The van der Waals surface area contributed by atoms with Crippen molar-refractivity contribution in [3.8, 4) is 11.4 Å². The minimum Gasteiger partial charge on any atom is -0.378 e. The van der Waals surface area contributed by atoms with Gasteiger partial charge in [-0.25, -0.2) is 4.98 Å². The van der Waals surface area contributed by atoms with Gasteiger partial charge in [0.15, 0.2) is 5.82 Å². The largest absolute Gasteiger partial charge is 0.378 e. The Kier molecular flexibility index (Phi) is 3.83. The number of ether oxygens (including phenoxy) is 1. The van der Waals surface area contributed by atoms with Gasteiger partial charge >= 0.3 is 0 Å². The Hall–Kier alpha value is -2.41. The first kappa shape index (κ1) is 13.6. The van der Waals surface area contributed by atoms with Crippen LogP contribution in [0.25, 0.3) is 11.4 Å². The normalized spacial score (nSPS) is 15.1. The number of anilines is 1. The fourth-order valence-corrected chi connectivity index (χ4v) is 2.40. The number of hydrogen-bond acceptors (Lipinski definition) is 5. The fraction of sp³-hybridized carbons (Fsp3) is 0.357. The lowest BCUT2D eigenvalue weighted by molar-refractivity contribution is -0.117. The van der Waals surface area contributed by atoms with E-state index < -0.39 is 5.91 Å². The minimum absolute atomic E-state index is 0.0622. The Labute approximate surface area is 122 Å². The molecule has 0 atom stereocenters. The maximum atomic E-state index is 10.9. The maximum absolute atomic E-state index is 10.9. The number of morpholine rings is 1. The number of carbonyl (C=O) groups excluding carboxylic acids is 1. The quantitative estimate of drug-likeness (QED) is 0.845. The first-order chi connectivity index (χ1) is 10.2. The first-order valence-electron chi connectivity index (χ1n) is 6.86. The molecule has 1 saturated heterocycles. The van der Waals surface area contributed by atoms with Gasteiger partial charge in [0.2, 0.25) is 5.91 Å². The summed E-state index contributed by atoms with van der Waals surface area (Å²) in [6.45, 7) is 3.12. The van der Waals surface area contributed by atoms with E-state index in [0.717, 1.165) is 37.6 Å². The van der Waals surface area contributed by atoms with Crippen LogP contribution in [0.15, 0.2) is 24.3 Å². The zero-order valence-electron chi connectivity index (χ0n) is 11.6. The fourth-order valence-electron chi connectivity index (χ4n) is 2.40. The van der Waals surface area contributed by atoms with E-state index in [4.69, 9.17) is 10.5 Å². The number of benzene rings is 1. The van der Waals surface area contributed by atoms with Crippen molar-refractivity contribution in [2.45, 2.75) is 6.42 Å². The predicted octanol–water partition coefficient (Wildman–Crippen LogP) is 0.336. The summed E-state index contributed by atoms with van der Waals surface area (Å²) in [5.41, 5.74) is 7.18. The van der Waals surface area contributed by atoms with E-state index in [0.29, 0.717) is 11.6 Å². The molecule has 0 bridgehead atoms. The standard InChI is InChI=1S/C14H17N5O2/c15-12(20)9-13-16-14(18-17-13)10-3-1-2-4-11(10)19-5-7-21-8-6-19/h1-4H,5-9H2,(H2,15,20)(H,16,17,18). The van der Waals surface area contributed by atoms with Crippen LogP contribution in [0.5, 0.6) is 0 Å². The van der Waals surface area contributed by atoms with E-state index in [2.05, 4.69) is 20.1 Å². The van der Waals surface area contributed by atoms with Crippen molar-refractivity contribution < 1.29 is 9.53 Å². The second-order valence-electron chi connectivity index (χ2n) is 4.87. The van der Waals surface area contributed by atoms with Gasteiger partial charge in [-0.1, -0.05) is 12.1 Å². The van der Waals surface area contributed by atoms with E-state index in [-0.39, 0.29) is 6.42 Å². The number of nitrogens with two attached hydrogens (primary N) is 1. The van der Waals surface area contributed by atoms with Crippen LogP contribution in [0.2, 0.25) is 0 Å². The van der Waals surface area contributed by atoms with Crippen molar-refractivity contribution in [1.82, 2.24) is 15.2 Å². The molecule has 1 aliphatic heterocycles. The topological polar surface area (TPSA) is 97.1 Å². The highest BCUT2D eigenvalue weighted by molar-refractivity contribution is 5.77. The van der Waals surface area contributed by atoms with E-state index >= 15 is 0 Å². The molecule has 2 aromatic rings. The second-order valence-corrected chi connectivity index (χ2v) is 4.87. The molecular formula is C14H17N5O2. The molecule has 0 radical (unpaired) electrons. The molecule has 1 amide bonds. The number of H-pyrrole nitrogens is 1. The number of carbonyl (C=O) groups is 1. The van der Waals surface area contributed by atoms with E-state index in [1.807, 2.05) is 24.3 Å². The van der Waals surface area contributed by atoms with Gasteiger partial charge in [-0.15, -0.1) is 0 Å². The third-order valence-corrected chi connectivity index (χ3v) is 3.37. The van der Waals surface area contributed by atoms with E-state index in [9.17, 15) is 4.79 Å². The molecule has 1 aliphatic rings. The van der Waals surface area contributed by atoms with Gasteiger partial charge in [0.05, 0.1) is 19.6 Å². The number of amides is 1. The molecule has 0 unspecified atom stereocenters. The summed E-state index contributed by atoms with van der Waals surface area (Å²) in [5, 5.41) is 6.95. The van der Waals surface area contributed by atoms with Crippen LogP contribution in [0.1, 0.15) is 5.82 Å². The van der Waals surface area contributed by atoms with Crippen LogP contribution in [-0.2, 0) is 16.0 Å². The third-order valence-electron chi connectivity index (χ3n) is 3.37.